The van der Waals surface area contributed by atoms with Crippen LogP contribution in [0.25, 0.3) is 11.1 Å². The summed E-state index contributed by atoms with van der Waals surface area (Å²) in [7, 11) is 0. The second-order valence-corrected chi connectivity index (χ2v) is 6.19. The van der Waals surface area contributed by atoms with E-state index < -0.39 is 0 Å². The number of rotatable bonds is 4. The van der Waals surface area contributed by atoms with Gasteiger partial charge in [-0.2, -0.15) is 0 Å². The summed E-state index contributed by atoms with van der Waals surface area (Å²) in [5.74, 6) is -0.197. The van der Waals surface area contributed by atoms with Gasteiger partial charge in [0.25, 0.3) is 0 Å². The van der Waals surface area contributed by atoms with E-state index in [-0.39, 0.29) is 5.82 Å². The van der Waals surface area contributed by atoms with Gasteiger partial charge in [-0.25, -0.2) is 4.39 Å². The SMILES string of the molecule is Cc1cc(F)cc(C)c1-c1cc(Cl)ccc1CNC(C)C. The summed E-state index contributed by atoms with van der Waals surface area (Å²) in [5, 5.41) is 4.12. The van der Waals surface area contributed by atoms with E-state index in [1.54, 1.807) is 12.1 Å². The van der Waals surface area contributed by atoms with Crippen LogP contribution in [-0.4, -0.2) is 6.04 Å². The van der Waals surface area contributed by atoms with E-state index in [0.29, 0.717) is 11.1 Å². The van der Waals surface area contributed by atoms with Crippen LogP contribution in [0.3, 0.4) is 0 Å². The molecule has 0 heterocycles. The summed E-state index contributed by atoms with van der Waals surface area (Å²) >= 11 is 6.17. The maximum absolute atomic E-state index is 13.5. The quantitative estimate of drug-likeness (QED) is 0.812. The summed E-state index contributed by atoms with van der Waals surface area (Å²) in [6, 6.07) is 9.45. The Morgan fingerprint density at radius 1 is 1.10 bits per heavy atom. The molecule has 2 aromatic carbocycles. The summed E-state index contributed by atoms with van der Waals surface area (Å²) < 4.78 is 13.5. The molecule has 3 heteroatoms. The van der Waals surface area contributed by atoms with Gasteiger partial charge in [0.2, 0.25) is 0 Å². The monoisotopic (exact) mass is 305 g/mol. The minimum Gasteiger partial charge on any atom is -0.310 e. The van der Waals surface area contributed by atoms with Crippen LogP contribution in [0.5, 0.6) is 0 Å². The van der Waals surface area contributed by atoms with E-state index >= 15 is 0 Å². The van der Waals surface area contributed by atoms with Crippen molar-refractivity contribution in [3.05, 3.63) is 57.9 Å². The van der Waals surface area contributed by atoms with Crippen molar-refractivity contribution >= 4 is 11.6 Å². The Morgan fingerprint density at radius 3 is 2.29 bits per heavy atom. The molecule has 0 saturated heterocycles. The van der Waals surface area contributed by atoms with Crippen molar-refractivity contribution < 1.29 is 4.39 Å². The molecule has 2 rings (SSSR count). The molecule has 0 aliphatic rings. The first-order valence-corrected chi connectivity index (χ1v) is 7.55. The number of aryl methyl sites for hydroxylation is 2. The molecule has 0 aliphatic carbocycles. The van der Waals surface area contributed by atoms with Crippen LogP contribution in [0.4, 0.5) is 4.39 Å². The summed E-state index contributed by atoms with van der Waals surface area (Å²) in [5.41, 5.74) is 5.18. The molecule has 0 fully saturated rings. The molecular formula is C18H21ClFN. The van der Waals surface area contributed by atoms with Gasteiger partial charge in [0.05, 0.1) is 0 Å². The topological polar surface area (TPSA) is 12.0 Å². The minimum absolute atomic E-state index is 0.197. The highest BCUT2D eigenvalue weighted by Gasteiger charge is 2.13. The molecule has 0 amide bonds. The third kappa shape index (κ3) is 3.84. The van der Waals surface area contributed by atoms with E-state index in [0.717, 1.165) is 28.8 Å². The zero-order valence-electron chi connectivity index (χ0n) is 12.9. The third-order valence-corrected chi connectivity index (χ3v) is 3.77. The van der Waals surface area contributed by atoms with Crippen molar-refractivity contribution in [2.24, 2.45) is 0 Å². The molecule has 0 bridgehead atoms. The van der Waals surface area contributed by atoms with Crippen LogP contribution >= 0.6 is 11.6 Å². The maximum Gasteiger partial charge on any atom is 0.123 e. The van der Waals surface area contributed by atoms with Crippen LogP contribution in [0, 0.1) is 19.7 Å². The fraction of sp³-hybridized carbons (Fsp3) is 0.333. The van der Waals surface area contributed by atoms with Gasteiger partial charge in [0.1, 0.15) is 5.82 Å². The number of hydrogen-bond donors (Lipinski definition) is 1. The molecule has 0 spiro atoms. The Bertz CT molecular complexity index is 627. The zero-order chi connectivity index (χ0) is 15.6. The van der Waals surface area contributed by atoms with E-state index in [1.807, 2.05) is 32.0 Å². The van der Waals surface area contributed by atoms with E-state index in [1.165, 1.54) is 5.56 Å². The molecule has 0 unspecified atom stereocenters. The molecule has 0 radical (unpaired) electrons. The van der Waals surface area contributed by atoms with Gasteiger partial charge in [-0.3, -0.25) is 0 Å². The van der Waals surface area contributed by atoms with Crippen molar-refractivity contribution in [3.63, 3.8) is 0 Å². The highest BCUT2D eigenvalue weighted by molar-refractivity contribution is 6.30. The van der Waals surface area contributed by atoms with Gasteiger partial charge in [-0.05, 0) is 65.9 Å². The van der Waals surface area contributed by atoms with E-state index in [4.69, 9.17) is 11.6 Å². The van der Waals surface area contributed by atoms with Crippen molar-refractivity contribution in [2.75, 3.05) is 0 Å². The van der Waals surface area contributed by atoms with Gasteiger partial charge in [0, 0.05) is 17.6 Å². The molecule has 2 aromatic rings. The van der Waals surface area contributed by atoms with Crippen LogP contribution in [0.1, 0.15) is 30.5 Å². The number of hydrogen-bond acceptors (Lipinski definition) is 1. The average molecular weight is 306 g/mol. The Kier molecular flexibility index (Phi) is 5.02. The second kappa shape index (κ2) is 6.59. The van der Waals surface area contributed by atoms with E-state index in [2.05, 4.69) is 19.2 Å². The smallest absolute Gasteiger partial charge is 0.123 e. The Hall–Kier alpha value is -1.38. The highest BCUT2D eigenvalue weighted by atomic mass is 35.5. The fourth-order valence-corrected chi connectivity index (χ4v) is 2.76. The van der Waals surface area contributed by atoms with Gasteiger partial charge < -0.3 is 5.32 Å². The van der Waals surface area contributed by atoms with E-state index in [9.17, 15) is 4.39 Å². The lowest BCUT2D eigenvalue weighted by Gasteiger charge is -2.17. The van der Waals surface area contributed by atoms with Crippen molar-refractivity contribution in [2.45, 2.75) is 40.3 Å². The van der Waals surface area contributed by atoms with Gasteiger partial charge in [0.15, 0.2) is 0 Å². The lowest BCUT2D eigenvalue weighted by atomic mass is 9.92. The fourth-order valence-electron chi connectivity index (χ4n) is 2.59. The van der Waals surface area contributed by atoms with Gasteiger partial charge in [-0.1, -0.05) is 31.5 Å². The average Bonchev–Trinajstić information content (AvgIpc) is 2.36. The molecule has 1 nitrogen and oxygen atoms in total. The molecule has 0 saturated carbocycles. The normalized spacial score (nSPS) is 11.2. The summed E-state index contributed by atoms with van der Waals surface area (Å²) in [6.07, 6.45) is 0. The number of halogens is 2. The van der Waals surface area contributed by atoms with Gasteiger partial charge >= 0.3 is 0 Å². The van der Waals surface area contributed by atoms with Crippen LogP contribution in [-0.2, 0) is 6.54 Å². The van der Waals surface area contributed by atoms with Crippen LogP contribution in [0.2, 0.25) is 5.02 Å². The molecule has 0 aliphatic heterocycles. The molecule has 0 aromatic heterocycles. The first kappa shape index (κ1) is 16.0. The zero-order valence-corrected chi connectivity index (χ0v) is 13.7. The first-order valence-electron chi connectivity index (χ1n) is 7.17. The summed E-state index contributed by atoms with van der Waals surface area (Å²) in [6.45, 7) is 8.87. The van der Waals surface area contributed by atoms with Crippen molar-refractivity contribution in [1.82, 2.24) is 5.32 Å². The maximum atomic E-state index is 13.5. The highest BCUT2D eigenvalue weighted by Crippen LogP contribution is 2.33. The molecule has 112 valence electrons. The predicted octanol–water partition coefficient (Wildman–Crippen LogP) is 5.26. The molecule has 0 atom stereocenters. The van der Waals surface area contributed by atoms with Crippen molar-refractivity contribution in [3.8, 4) is 11.1 Å². The first-order chi connectivity index (χ1) is 9.88. The van der Waals surface area contributed by atoms with Crippen LogP contribution in [0.15, 0.2) is 30.3 Å². The Labute approximate surface area is 131 Å². The predicted molar refractivity (Wildman–Crippen MR) is 88.3 cm³/mol. The van der Waals surface area contributed by atoms with Gasteiger partial charge in [-0.15, -0.1) is 0 Å². The lowest BCUT2D eigenvalue weighted by Crippen LogP contribution is -2.22. The van der Waals surface area contributed by atoms with Crippen molar-refractivity contribution in [1.29, 1.82) is 0 Å². The largest absolute Gasteiger partial charge is 0.310 e. The second-order valence-electron chi connectivity index (χ2n) is 5.75. The van der Waals surface area contributed by atoms with Crippen LogP contribution < -0.4 is 5.32 Å². The Morgan fingerprint density at radius 2 is 1.71 bits per heavy atom. The standard InChI is InChI=1S/C18H21ClFN/c1-11(2)21-10-14-5-6-15(19)9-17(14)18-12(3)7-16(20)8-13(18)4/h5-9,11,21H,10H2,1-4H3. The molecule has 21 heavy (non-hydrogen) atoms. The lowest BCUT2D eigenvalue weighted by molar-refractivity contribution is 0.589. The number of nitrogens with one attached hydrogen (secondary N) is 1. The summed E-state index contributed by atoms with van der Waals surface area (Å²) in [4.78, 5) is 0. The minimum atomic E-state index is -0.197. The molecule has 1 N–H and O–H groups in total. The third-order valence-electron chi connectivity index (χ3n) is 3.54. The molecular weight excluding hydrogens is 285 g/mol. The number of benzene rings is 2. The Balaban J connectivity index is 2.54.